The maximum Gasteiger partial charge on any atom is 0.222 e. The van der Waals surface area contributed by atoms with Crippen LogP contribution in [0.2, 0.25) is 0 Å². The average Bonchev–Trinajstić information content (AvgIpc) is 2.83. The summed E-state index contributed by atoms with van der Waals surface area (Å²) in [5.74, 6) is 0.328. The van der Waals surface area contributed by atoms with Crippen molar-refractivity contribution in [3.8, 4) is 0 Å². The fourth-order valence-electron chi connectivity index (χ4n) is 3.10. The summed E-state index contributed by atoms with van der Waals surface area (Å²) in [6.07, 6.45) is 6.82. The lowest BCUT2D eigenvalue weighted by atomic mass is 10.0. The highest BCUT2D eigenvalue weighted by molar-refractivity contribution is 5.78. The Labute approximate surface area is 121 Å². The van der Waals surface area contributed by atoms with E-state index in [1.165, 1.54) is 19.3 Å². The number of piperidine rings is 1. The van der Waals surface area contributed by atoms with E-state index in [9.17, 15) is 9.59 Å². The lowest BCUT2D eigenvalue weighted by Crippen LogP contribution is -2.43. The normalized spacial score (nSPS) is 24.8. The Kier molecular flexibility index (Phi) is 5.83. The lowest BCUT2D eigenvalue weighted by Gasteiger charge is -2.24. The fourth-order valence-corrected chi connectivity index (χ4v) is 3.10. The maximum absolute atomic E-state index is 11.9. The molecule has 2 amide bonds. The molecule has 2 heterocycles. The molecule has 0 saturated carbocycles. The SMILES string of the molecule is CC(CN1CCCC1=O)NC(=O)CCC1CCCCN1. The molecule has 2 aliphatic heterocycles. The van der Waals surface area contributed by atoms with E-state index in [0.29, 0.717) is 25.4 Å². The van der Waals surface area contributed by atoms with Crippen molar-refractivity contribution >= 4 is 11.8 Å². The Bertz CT molecular complexity index is 340. The minimum absolute atomic E-state index is 0.0452. The van der Waals surface area contributed by atoms with Crippen molar-refractivity contribution in [2.24, 2.45) is 0 Å². The van der Waals surface area contributed by atoms with Gasteiger partial charge in [0.15, 0.2) is 0 Å². The second-order valence-corrected chi connectivity index (χ2v) is 6.10. The van der Waals surface area contributed by atoms with Gasteiger partial charge in [0.05, 0.1) is 0 Å². The quantitative estimate of drug-likeness (QED) is 0.764. The predicted molar refractivity (Wildman–Crippen MR) is 78.3 cm³/mol. The zero-order valence-corrected chi connectivity index (χ0v) is 12.5. The summed E-state index contributed by atoms with van der Waals surface area (Å²) in [6.45, 7) is 4.54. The van der Waals surface area contributed by atoms with Crippen LogP contribution in [-0.2, 0) is 9.59 Å². The number of rotatable bonds is 6. The van der Waals surface area contributed by atoms with Crippen molar-refractivity contribution in [1.29, 1.82) is 0 Å². The highest BCUT2D eigenvalue weighted by Crippen LogP contribution is 2.12. The van der Waals surface area contributed by atoms with Crippen molar-refractivity contribution in [2.75, 3.05) is 19.6 Å². The summed E-state index contributed by atoms with van der Waals surface area (Å²) in [4.78, 5) is 25.3. The Hall–Kier alpha value is -1.10. The van der Waals surface area contributed by atoms with Crippen LogP contribution in [0.1, 0.15) is 51.9 Å². The molecule has 2 unspecified atom stereocenters. The molecule has 2 atom stereocenters. The van der Waals surface area contributed by atoms with Crippen LogP contribution in [0.15, 0.2) is 0 Å². The third kappa shape index (κ3) is 4.78. The fraction of sp³-hybridized carbons (Fsp3) is 0.867. The molecule has 2 rings (SSSR count). The third-order valence-corrected chi connectivity index (χ3v) is 4.21. The van der Waals surface area contributed by atoms with Crippen LogP contribution < -0.4 is 10.6 Å². The molecule has 0 radical (unpaired) electrons. The Balaban J connectivity index is 1.61. The van der Waals surface area contributed by atoms with Gasteiger partial charge in [-0.1, -0.05) is 6.42 Å². The van der Waals surface area contributed by atoms with E-state index in [4.69, 9.17) is 0 Å². The summed E-state index contributed by atoms with van der Waals surface area (Å²) >= 11 is 0. The third-order valence-electron chi connectivity index (χ3n) is 4.21. The van der Waals surface area contributed by atoms with Gasteiger partial charge < -0.3 is 15.5 Å². The van der Waals surface area contributed by atoms with E-state index in [1.54, 1.807) is 0 Å². The van der Waals surface area contributed by atoms with E-state index in [2.05, 4.69) is 10.6 Å². The van der Waals surface area contributed by atoms with Gasteiger partial charge >= 0.3 is 0 Å². The van der Waals surface area contributed by atoms with Crippen molar-refractivity contribution in [3.63, 3.8) is 0 Å². The summed E-state index contributed by atoms with van der Waals surface area (Å²) < 4.78 is 0. The highest BCUT2D eigenvalue weighted by Gasteiger charge is 2.22. The number of carbonyl (C=O) groups is 2. The van der Waals surface area contributed by atoms with Gasteiger partial charge in [-0.2, -0.15) is 0 Å². The number of carbonyl (C=O) groups excluding carboxylic acids is 2. The molecule has 0 aromatic carbocycles. The molecule has 0 aromatic rings. The first-order chi connectivity index (χ1) is 9.65. The van der Waals surface area contributed by atoms with E-state index < -0.39 is 0 Å². The average molecular weight is 281 g/mol. The van der Waals surface area contributed by atoms with Gasteiger partial charge in [0, 0.05) is 38.0 Å². The molecule has 0 bridgehead atoms. The Morgan fingerprint density at radius 1 is 1.45 bits per heavy atom. The van der Waals surface area contributed by atoms with Gasteiger partial charge in [0.25, 0.3) is 0 Å². The zero-order valence-electron chi connectivity index (χ0n) is 12.5. The Morgan fingerprint density at radius 3 is 2.95 bits per heavy atom. The second kappa shape index (κ2) is 7.62. The van der Waals surface area contributed by atoms with Gasteiger partial charge in [-0.25, -0.2) is 0 Å². The molecule has 5 heteroatoms. The number of likely N-dealkylation sites (tertiary alicyclic amines) is 1. The number of amides is 2. The first-order valence-electron chi connectivity index (χ1n) is 7.95. The van der Waals surface area contributed by atoms with Crippen LogP contribution in [0.25, 0.3) is 0 Å². The molecule has 0 spiro atoms. The number of hydrogen-bond donors (Lipinski definition) is 2. The van der Waals surface area contributed by atoms with Gasteiger partial charge in [-0.3, -0.25) is 9.59 Å². The number of nitrogens with zero attached hydrogens (tertiary/aromatic N) is 1. The van der Waals surface area contributed by atoms with Crippen molar-refractivity contribution in [2.45, 2.75) is 64.0 Å². The maximum atomic E-state index is 11.9. The van der Waals surface area contributed by atoms with Crippen LogP contribution in [0.4, 0.5) is 0 Å². The summed E-state index contributed by atoms with van der Waals surface area (Å²) in [6, 6.07) is 0.550. The molecule has 2 N–H and O–H groups in total. The zero-order chi connectivity index (χ0) is 14.4. The molecule has 20 heavy (non-hydrogen) atoms. The molecular formula is C15H27N3O2. The van der Waals surface area contributed by atoms with Crippen molar-refractivity contribution < 1.29 is 9.59 Å². The van der Waals surface area contributed by atoms with Gasteiger partial charge in [-0.05, 0) is 39.2 Å². The van der Waals surface area contributed by atoms with E-state index >= 15 is 0 Å². The molecule has 2 saturated heterocycles. The van der Waals surface area contributed by atoms with E-state index in [0.717, 1.165) is 25.9 Å². The monoisotopic (exact) mass is 281 g/mol. The molecule has 0 aromatic heterocycles. The van der Waals surface area contributed by atoms with Gasteiger partial charge in [0.1, 0.15) is 0 Å². The molecular weight excluding hydrogens is 254 g/mol. The van der Waals surface area contributed by atoms with Crippen molar-refractivity contribution in [3.05, 3.63) is 0 Å². The Morgan fingerprint density at radius 2 is 2.30 bits per heavy atom. The molecule has 2 fully saturated rings. The molecule has 5 nitrogen and oxygen atoms in total. The largest absolute Gasteiger partial charge is 0.352 e. The first-order valence-corrected chi connectivity index (χ1v) is 7.95. The standard InChI is InChI=1S/C15H27N3O2/c1-12(11-18-10-4-6-15(18)20)17-14(19)8-7-13-5-2-3-9-16-13/h12-13,16H,2-11H2,1H3,(H,17,19). The topological polar surface area (TPSA) is 61.4 Å². The van der Waals surface area contributed by atoms with Crippen LogP contribution in [0.3, 0.4) is 0 Å². The van der Waals surface area contributed by atoms with Gasteiger partial charge in [-0.15, -0.1) is 0 Å². The minimum Gasteiger partial charge on any atom is -0.352 e. The highest BCUT2D eigenvalue weighted by atomic mass is 16.2. The number of hydrogen-bond acceptors (Lipinski definition) is 3. The number of nitrogens with one attached hydrogen (secondary N) is 2. The van der Waals surface area contributed by atoms with Crippen molar-refractivity contribution in [1.82, 2.24) is 15.5 Å². The predicted octanol–water partition coefficient (Wildman–Crippen LogP) is 1.04. The van der Waals surface area contributed by atoms with E-state index in [-0.39, 0.29) is 17.9 Å². The first kappa shape index (κ1) is 15.3. The van der Waals surface area contributed by atoms with E-state index in [1.807, 2.05) is 11.8 Å². The van der Waals surface area contributed by atoms with Crippen LogP contribution in [0.5, 0.6) is 0 Å². The minimum atomic E-state index is 0.0452. The van der Waals surface area contributed by atoms with Gasteiger partial charge in [0.2, 0.25) is 11.8 Å². The van der Waals surface area contributed by atoms with Crippen LogP contribution in [0, 0.1) is 0 Å². The van der Waals surface area contributed by atoms with Crippen LogP contribution >= 0.6 is 0 Å². The molecule has 114 valence electrons. The molecule has 2 aliphatic rings. The smallest absolute Gasteiger partial charge is 0.222 e. The second-order valence-electron chi connectivity index (χ2n) is 6.10. The molecule has 0 aliphatic carbocycles. The van der Waals surface area contributed by atoms with Crippen LogP contribution in [-0.4, -0.2) is 48.4 Å². The summed E-state index contributed by atoms with van der Waals surface area (Å²) in [5.41, 5.74) is 0. The summed E-state index contributed by atoms with van der Waals surface area (Å²) in [5, 5.41) is 6.47. The lowest BCUT2D eigenvalue weighted by molar-refractivity contribution is -0.129. The summed E-state index contributed by atoms with van der Waals surface area (Å²) in [7, 11) is 0.